The molecule has 19 heteroatoms. The highest BCUT2D eigenvalue weighted by molar-refractivity contribution is 5.97. The number of aryl methyl sites for hydroxylation is 1. The normalized spacial score (nSPS) is 12.8. The Labute approximate surface area is 492 Å². The Balaban J connectivity index is 1.23. The lowest BCUT2D eigenvalue weighted by molar-refractivity contribution is -0.144. The molecular formula is C63H110N8O11. The van der Waals surface area contributed by atoms with Gasteiger partial charge in [-0.2, -0.15) is 0 Å². The number of aromatic nitrogens is 2. The van der Waals surface area contributed by atoms with Gasteiger partial charge in [0.1, 0.15) is 11.6 Å². The molecule has 0 fully saturated rings. The van der Waals surface area contributed by atoms with Gasteiger partial charge in [0, 0.05) is 95.5 Å². The van der Waals surface area contributed by atoms with E-state index in [1.807, 2.05) is 13.0 Å². The summed E-state index contributed by atoms with van der Waals surface area (Å²) >= 11 is 0. The van der Waals surface area contributed by atoms with Crippen LogP contribution < -0.4 is 32.1 Å². The number of carbonyl (C=O) groups is 6. The molecule has 0 aliphatic carbocycles. The lowest BCUT2D eigenvalue weighted by Gasteiger charge is -2.15. The fourth-order valence-corrected chi connectivity index (χ4v) is 9.33. The summed E-state index contributed by atoms with van der Waals surface area (Å²) in [7, 11) is 0. The van der Waals surface area contributed by atoms with Crippen LogP contribution in [0, 0.1) is 18.8 Å². The van der Waals surface area contributed by atoms with E-state index >= 15 is 0 Å². The number of nitrogens with one attached hydrogen (secondary N) is 6. The third-order valence-corrected chi connectivity index (χ3v) is 14.6. The van der Waals surface area contributed by atoms with E-state index in [4.69, 9.17) is 18.9 Å². The van der Waals surface area contributed by atoms with Gasteiger partial charge in [-0.25, -0.2) is 19.6 Å². The average molecular weight is 1160 g/mol. The second kappa shape index (κ2) is 50.4. The summed E-state index contributed by atoms with van der Waals surface area (Å²) in [5.41, 5.74) is 1.20. The molecule has 1 aliphatic heterocycles. The molecule has 468 valence electrons. The van der Waals surface area contributed by atoms with Gasteiger partial charge < -0.3 is 34.9 Å². The average Bonchev–Trinajstić information content (AvgIpc) is 3.43. The zero-order chi connectivity index (χ0) is 59.5. The van der Waals surface area contributed by atoms with Gasteiger partial charge in [0.2, 0.25) is 11.9 Å². The van der Waals surface area contributed by atoms with E-state index in [9.17, 15) is 33.6 Å². The van der Waals surface area contributed by atoms with E-state index in [1.165, 1.54) is 6.07 Å². The molecule has 0 spiro atoms. The highest BCUT2D eigenvalue weighted by Crippen LogP contribution is 2.16. The second-order valence-electron chi connectivity index (χ2n) is 22.6. The van der Waals surface area contributed by atoms with Crippen LogP contribution in [0.1, 0.15) is 251 Å². The van der Waals surface area contributed by atoms with Gasteiger partial charge >= 0.3 is 24.0 Å². The van der Waals surface area contributed by atoms with Crippen LogP contribution in [0.25, 0.3) is 0 Å². The van der Waals surface area contributed by atoms with Gasteiger partial charge in [0.05, 0.1) is 19.8 Å². The third-order valence-electron chi connectivity index (χ3n) is 14.6. The molecule has 0 saturated heterocycles. The number of nitrogens with zero attached hydrogens (tertiary/aromatic N) is 2. The van der Waals surface area contributed by atoms with Crippen LogP contribution in [0.2, 0.25) is 0 Å². The van der Waals surface area contributed by atoms with Crippen LogP contribution in [-0.2, 0) is 38.1 Å². The van der Waals surface area contributed by atoms with Crippen molar-refractivity contribution in [2.24, 2.45) is 16.8 Å². The van der Waals surface area contributed by atoms with E-state index in [2.05, 4.69) is 55.4 Å². The van der Waals surface area contributed by atoms with Gasteiger partial charge in [0.25, 0.3) is 5.56 Å². The van der Waals surface area contributed by atoms with Crippen LogP contribution in [0.5, 0.6) is 0 Å². The van der Waals surface area contributed by atoms with Crippen molar-refractivity contribution in [2.75, 3.05) is 64.6 Å². The van der Waals surface area contributed by atoms with Crippen LogP contribution >= 0.6 is 0 Å². The summed E-state index contributed by atoms with van der Waals surface area (Å²) in [5, 5.41) is 13.9. The summed E-state index contributed by atoms with van der Waals surface area (Å²) in [6.45, 7) is 13.5. The Morgan fingerprint density at radius 1 is 0.500 bits per heavy atom. The predicted molar refractivity (Wildman–Crippen MR) is 326 cm³/mol. The molecule has 2 atom stereocenters. The number of aromatic amines is 1. The van der Waals surface area contributed by atoms with Gasteiger partial charge in [-0.15, -0.1) is 0 Å². The molecule has 2 heterocycles. The Morgan fingerprint density at radius 3 is 1.34 bits per heavy atom. The zero-order valence-corrected chi connectivity index (χ0v) is 51.3. The number of H-pyrrole nitrogens is 1. The SMILES string of the molecule is CC1=CCN=C(NC(=O)NCCCCCCCC(=O)CCCCCCCOCCC(C)CCC(=O)OCCCCCCCOC(=O)CCC(C)CCOCCCCCCCC(=O)CCCCCCCNC(=O)Nc2nc(C)cc(=O)[nH]2)N1. The lowest BCUT2D eigenvalue weighted by atomic mass is 10.0. The number of hydrogen-bond acceptors (Lipinski definition) is 14. The van der Waals surface area contributed by atoms with E-state index < -0.39 is 6.03 Å². The van der Waals surface area contributed by atoms with Crippen LogP contribution in [0.4, 0.5) is 15.5 Å². The molecular weight excluding hydrogens is 1040 g/mol. The molecule has 2 unspecified atom stereocenters. The molecule has 0 bridgehead atoms. The molecule has 2 rings (SSSR count). The molecule has 1 aromatic rings. The number of urea groups is 2. The number of guanidine groups is 1. The van der Waals surface area contributed by atoms with Crippen molar-refractivity contribution in [3.63, 3.8) is 0 Å². The highest BCUT2D eigenvalue weighted by atomic mass is 16.5. The Morgan fingerprint density at radius 2 is 0.902 bits per heavy atom. The topological polar surface area (TPSA) is 258 Å². The van der Waals surface area contributed by atoms with Gasteiger partial charge in [-0.1, -0.05) is 110 Å². The van der Waals surface area contributed by atoms with Crippen molar-refractivity contribution in [1.82, 2.24) is 31.2 Å². The number of Topliss-reactive ketones (excluding diaryl/α,β-unsaturated/α-hetero) is 2. The van der Waals surface area contributed by atoms with E-state index in [1.54, 1.807) is 6.92 Å². The summed E-state index contributed by atoms with van der Waals surface area (Å²) in [6.07, 6.45) is 33.9. The highest BCUT2D eigenvalue weighted by Gasteiger charge is 2.12. The van der Waals surface area contributed by atoms with E-state index in [-0.39, 0.29) is 29.5 Å². The number of rotatable bonds is 53. The van der Waals surface area contributed by atoms with Gasteiger partial charge in [-0.05, 0) is 122 Å². The zero-order valence-electron chi connectivity index (χ0n) is 51.3. The fraction of sp³-hybridized carbons (Fsp3) is 0.794. The summed E-state index contributed by atoms with van der Waals surface area (Å²) in [5.74, 6) is 1.86. The molecule has 4 amide bonds. The number of ketones is 2. The number of unbranched alkanes of at least 4 members (excludes halogenated alkanes) is 20. The number of allylic oxidation sites excluding steroid dienone is 1. The number of hydrogen-bond donors (Lipinski definition) is 6. The number of aliphatic imine (C=N–C) groups is 1. The van der Waals surface area contributed by atoms with Crippen LogP contribution in [0.3, 0.4) is 0 Å². The second-order valence-corrected chi connectivity index (χ2v) is 22.6. The van der Waals surface area contributed by atoms with Crippen molar-refractivity contribution in [2.45, 2.75) is 252 Å². The van der Waals surface area contributed by atoms with Gasteiger partial charge in [-0.3, -0.25) is 39.6 Å². The van der Waals surface area contributed by atoms with Crippen molar-refractivity contribution in [1.29, 1.82) is 0 Å². The van der Waals surface area contributed by atoms with Crippen LogP contribution in [-0.4, -0.2) is 111 Å². The Hall–Kier alpha value is -5.17. The summed E-state index contributed by atoms with van der Waals surface area (Å²) in [4.78, 5) is 95.3. The predicted octanol–water partition coefficient (Wildman–Crippen LogP) is 12.5. The molecule has 0 aromatic carbocycles. The molecule has 0 radical (unpaired) electrons. The van der Waals surface area contributed by atoms with E-state index in [0.29, 0.717) is 120 Å². The summed E-state index contributed by atoms with van der Waals surface area (Å²) in [6, 6.07) is 0.714. The number of amides is 4. The van der Waals surface area contributed by atoms with Crippen molar-refractivity contribution in [3.8, 4) is 0 Å². The Bertz CT molecular complexity index is 2010. The number of ether oxygens (including phenoxy) is 4. The molecule has 19 nitrogen and oxygen atoms in total. The minimum atomic E-state index is -0.400. The first-order chi connectivity index (χ1) is 39.8. The minimum Gasteiger partial charge on any atom is -0.466 e. The first-order valence-corrected chi connectivity index (χ1v) is 31.9. The smallest absolute Gasteiger partial charge is 0.321 e. The lowest BCUT2D eigenvalue weighted by Crippen LogP contribution is -2.46. The molecule has 1 aromatic heterocycles. The standard InChI is InChI=1S/C63H110N8O11/c1-51(39-48-79-44-26-16-7-12-22-32-55(72)30-20-10-5-14-24-41-65-62(77)70-60-64-43-38-53(3)67-60)34-36-58(75)81-46-28-18-9-19-29-47-82-59(76)37-35-52(2)40-49-80-45-27-17-8-13-23-33-56(73)31-21-11-6-15-25-42-66-63(78)71-61-68-54(4)50-57(74)69-61/h38,50-52H,5-37,39-49H2,1-4H3,(H3,64,65,67,70,77)(H3,66,68,69,71,74,78). The quantitative estimate of drug-likeness (QED) is 0.0262. The maximum absolute atomic E-state index is 12.3. The number of anilines is 1. The van der Waals surface area contributed by atoms with Gasteiger partial charge in [0.15, 0.2) is 0 Å². The van der Waals surface area contributed by atoms with Crippen LogP contribution in [0.15, 0.2) is 27.6 Å². The van der Waals surface area contributed by atoms with Crippen molar-refractivity contribution in [3.05, 3.63) is 33.9 Å². The first kappa shape index (κ1) is 72.9. The number of esters is 2. The largest absolute Gasteiger partial charge is 0.466 e. The molecule has 82 heavy (non-hydrogen) atoms. The monoisotopic (exact) mass is 1150 g/mol. The molecule has 6 N–H and O–H groups in total. The minimum absolute atomic E-state index is 0.130. The molecule has 1 aliphatic rings. The van der Waals surface area contributed by atoms with E-state index in [0.717, 1.165) is 205 Å². The first-order valence-electron chi connectivity index (χ1n) is 31.9. The maximum atomic E-state index is 12.3. The fourth-order valence-electron chi connectivity index (χ4n) is 9.33. The number of carbonyl (C=O) groups excluding carboxylic acids is 6. The molecule has 0 saturated carbocycles. The Kier molecular flexibility index (Phi) is 44.8. The third kappa shape index (κ3) is 45.4. The van der Waals surface area contributed by atoms with Crippen molar-refractivity contribution < 1.29 is 47.7 Å². The maximum Gasteiger partial charge on any atom is 0.321 e. The summed E-state index contributed by atoms with van der Waals surface area (Å²) < 4.78 is 22.6. The van der Waals surface area contributed by atoms with Crippen molar-refractivity contribution >= 4 is 47.5 Å².